The molecule has 0 aliphatic carbocycles. The number of ether oxygens (including phenoxy) is 2. The minimum absolute atomic E-state index is 0.0540. The Labute approximate surface area is 170 Å². The summed E-state index contributed by atoms with van der Waals surface area (Å²) in [6.45, 7) is 3.57. The van der Waals surface area contributed by atoms with Crippen LogP contribution in [0.3, 0.4) is 0 Å². The monoisotopic (exact) mass is 393 g/mol. The number of carbonyl (C=O) groups excluding carboxylic acids is 2. The molecule has 0 spiro atoms. The number of nitrogens with zero attached hydrogens (tertiary/aromatic N) is 3. The van der Waals surface area contributed by atoms with Crippen LogP contribution in [-0.2, 0) is 4.79 Å². The number of benzene rings is 2. The Bertz CT molecular complexity index is 895. The maximum Gasteiger partial charge on any atom is 0.263 e. The van der Waals surface area contributed by atoms with E-state index in [1.807, 2.05) is 6.07 Å². The van der Waals surface area contributed by atoms with Gasteiger partial charge in [0.1, 0.15) is 11.5 Å². The third-order valence-electron chi connectivity index (χ3n) is 4.86. The molecule has 0 bridgehead atoms. The van der Waals surface area contributed by atoms with Crippen LogP contribution in [0.5, 0.6) is 11.5 Å². The van der Waals surface area contributed by atoms with Gasteiger partial charge in [-0.2, -0.15) is 5.26 Å². The summed E-state index contributed by atoms with van der Waals surface area (Å²) >= 11 is 0. The fourth-order valence-electron chi connectivity index (χ4n) is 3.17. The molecule has 150 valence electrons. The third-order valence-corrected chi connectivity index (χ3v) is 4.86. The summed E-state index contributed by atoms with van der Waals surface area (Å²) < 4.78 is 10.8. The van der Waals surface area contributed by atoms with Crippen LogP contribution in [0.1, 0.15) is 22.8 Å². The Morgan fingerprint density at radius 3 is 2.03 bits per heavy atom. The molecule has 0 radical (unpaired) electrons. The van der Waals surface area contributed by atoms with Crippen LogP contribution < -0.4 is 9.47 Å². The van der Waals surface area contributed by atoms with Crippen LogP contribution in [0.25, 0.3) is 0 Å². The summed E-state index contributed by atoms with van der Waals surface area (Å²) in [7, 11) is 1.58. The van der Waals surface area contributed by atoms with Gasteiger partial charge in [-0.25, -0.2) is 0 Å². The zero-order valence-electron chi connectivity index (χ0n) is 16.5. The Balaban J connectivity index is 1.52. The van der Waals surface area contributed by atoms with Crippen LogP contribution in [0.4, 0.5) is 0 Å². The lowest BCUT2D eigenvalue weighted by molar-refractivity contribution is -0.139. The van der Waals surface area contributed by atoms with Gasteiger partial charge in [-0.1, -0.05) is 0 Å². The number of hydrogen-bond acceptors (Lipinski definition) is 5. The van der Waals surface area contributed by atoms with Crippen molar-refractivity contribution in [1.82, 2.24) is 9.80 Å². The molecule has 1 aliphatic rings. The molecule has 1 unspecified atom stereocenters. The second-order valence-electron chi connectivity index (χ2n) is 6.74. The van der Waals surface area contributed by atoms with E-state index >= 15 is 0 Å². The van der Waals surface area contributed by atoms with Crippen molar-refractivity contribution in [2.24, 2.45) is 0 Å². The number of piperazine rings is 1. The highest BCUT2D eigenvalue weighted by Gasteiger charge is 2.28. The van der Waals surface area contributed by atoms with Gasteiger partial charge >= 0.3 is 0 Å². The smallest absolute Gasteiger partial charge is 0.263 e. The molecule has 2 amide bonds. The highest BCUT2D eigenvalue weighted by molar-refractivity contribution is 5.94. The molecule has 1 aliphatic heterocycles. The Kier molecular flexibility index (Phi) is 6.35. The van der Waals surface area contributed by atoms with Gasteiger partial charge in [-0.05, 0) is 55.5 Å². The maximum absolute atomic E-state index is 12.7. The molecule has 1 heterocycles. The lowest BCUT2D eigenvalue weighted by Crippen LogP contribution is -2.53. The van der Waals surface area contributed by atoms with Gasteiger partial charge in [0.15, 0.2) is 6.10 Å². The first kappa shape index (κ1) is 20.2. The minimum Gasteiger partial charge on any atom is -0.497 e. The lowest BCUT2D eigenvalue weighted by Gasteiger charge is -2.36. The average molecular weight is 393 g/mol. The molecule has 1 atom stereocenters. The predicted molar refractivity (Wildman–Crippen MR) is 107 cm³/mol. The average Bonchev–Trinajstić information content (AvgIpc) is 2.78. The third kappa shape index (κ3) is 4.85. The first-order valence-electron chi connectivity index (χ1n) is 9.40. The Morgan fingerprint density at radius 1 is 0.931 bits per heavy atom. The van der Waals surface area contributed by atoms with Crippen molar-refractivity contribution in [3.63, 3.8) is 0 Å². The van der Waals surface area contributed by atoms with E-state index in [4.69, 9.17) is 14.7 Å². The number of amides is 2. The zero-order valence-corrected chi connectivity index (χ0v) is 16.5. The molecule has 2 aromatic rings. The summed E-state index contributed by atoms with van der Waals surface area (Å²) in [4.78, 5) is 28.8. The molecule has 7 heteroatoms. The summed E-state index contributed by atoms with van der Waals surface area (Å²) in [6, 6.07) is 15.7. The number of hydrogen-bond donors (Lipinski definition) is 0. The van der Waals surface area contributed by atoms with Crippen LogP contribution in [0.15, 0.2) is 48.5 Å². The van der Waals surface area contributed by atoms with Crippen LogP contribution in [0.2, 0.25) is 0 Å². The van der Waals surface area contributed by atoms with Crippen molar-refractivity contribution >= 4 is 11.8 Å². The molecule has 1 saturated heterocycles. The van der Waals surface area contributed by atoms with Crippen LogP contribution >= 0.6 is 0 Å². The van der Waals surface area contributed by atoms with E-state index < -0.39 is 6.10 Å². The van der Waals surface area contributed by atoms with E-state index in [0.29, 0.717) is 48.8 Å². The predicted octanol–water partition coefficient (Wildman–Crippen LogP) is 2.32. The van der Waals surface area contributed by atoms with Crippen molar-refractivity contribution in [3.05, 3.63) is 59.7 Å². The molecule has 29 heavy (non-hydrogen) atoms. The fraction of sp³-hybridized carbons (Fsp3) is 0.318. The van der Waals surface area contributed by atoms with E-state index in [1.165, 1.54) is 0 Å². The van der Waals surface area contributed by atoms with Gasteiger partial charge in [0, 0.05) is 31.7 Å². The maximum atomic E-state index is 12.7. The minimum atomic E-state index is -0.647. The molecule has 3 rings (SSSR count). The normalized spacial score (nSPS) is 14.7. The summed E-state index contributed by atoms with van der Waals surface area (Å²) in [6.07, 6.45) is -0.647. The standard InChI is InChI=1S/C22H23N3O4/c1-16(29-20-7-3-17(15-23)4-8-20)21(26)24-11-13-25(14-12-24)22(27)18-5-9-19(28-2)10-6-18/h3-10,16H,11-14H2,1-2H3. The summed E-state index contributed by atoms with van der Waals surface area (Å²) in [5, 5.41) is 8.84. The second-order valence-corrected chi connectivity index (χ2v) is 6.74. The van der Waals surface area contributed by atoms with E-state index in [1.54, 1.807) is 72.4 Å². The summed E-state index contributed by atoms with van der Waals surface area (Å²) in [5.41, 5.74) is 1.14. The molecule has 0 aromatic heterocycles. The van der Waals surface area contributed by atoms with Gasteiger partial charge in [0.05, 0.1) is 18.7 Å². The van der Waals surface area contributed by atoms with Gasteiger partial charge in [0.2, 0.25) is 0 Å². The van der Waals surface area contributed by atoms with E-state index in [-0.39, 0.29) is 11.8 Å². The first-order chi connectivity index (χ1) is 14.0. The molecular weight excluding hydrogens is 370 g/mol. The van der Waals surface area contributed by atoms with E-state index in [9.17, 15) is 9.59 Å². The van der Waals surface area contributed by atoms with Crippen molar-refractivity contribution in [1.29, 1.82) is 5.26 Å². The lowest BCUT2D eigenvalue weighted by atomic mass is 10.1. The first-order valence-corrected chi connectivity index (χ1v) is 9.40. The van der Waals surface area contributed by atoms with Crippen LogP contribution in [-0.4, -0.2) is 61.0 Å². The Morgan fingerprint density at radius 2 is 1.48 bits per heavy atom. The number of nitriles is 1. The topological polar surface area (TPSA) is 82.9 Å². The van der Waals surface area contributed by atoms with E-state index in [0.717, 1.165) is 0 Å². The van der Waals surface area contributed by atoms with Crippen molar-refractivity contribution in [2.75, 3.05) is 33.3 Å². The molecule has 0 N–H and O–H groups in total. The highest BCUT2D eigenvalue weighted by Crippen LogP contribution is 2.17. The van der Waals surface area contributed by atoms with Gasteiger partial charge < -0.3 is 19.3 Å². The summed E-state index contributed by atoms with van der Waals surface area (Å²) in [5.74, 6) is 1.07. The van der Waals surface area contributed by atoms with Crippen LogP contribution in [0, 0.1) is 11.3 Å². The SMILES string of the molecule is COc1ccc(C(=O)N2CCN(C(=O)C(C)Oc3ccc(C#N)cc3)CC2)cc1. The van der Waals surface area contributed by atoms with Gasteiger partial charge in [-0.15, -0.1) is 0 Å². The molecule has 0 saturated carbocycles. The molecule has 1 fully saturated rings. The highest BCUT2D eigenvalue weighted by atomic mass is 16.5. The van der Waals surface area contributed by atoms with Crippen molar-refractivity contribution < 1.29 is 19.1 Å². The quantitative estimate of drug-likeness (QED) is 0.779. The van der Waals surface area contributed by atoms with Gasteiger partial charge in [0.25, 0.3) is 11.8 Å². The van der Waals surface area contributed by atoms with Crippen molar-refractivity contribution in [2.45, 2.75) is 13.0 Å². The van der Waals surface area contributed by atoms with Gasteiger partial charge in [-0.3, -0.25) is 9.59 Å². The molecule has 2 aromatic carbocycles. The number of carbonyl (C=O) groups is 2. The Hall–Kier alpha value is -3.53. The van der Waals surface area contributed by atoms with Crippen molar-refractivity contribution in [3.8, 4) is 17.6 Å². The molecular formula is C22H23N3O4. The largest absolute Gasteiger partial charge is 0.497 e. The fourth-order valence-corrected chi connectivity index (χ4v) is 3.17. The zero-order chi connectivity index (χ0) is 20.8. The number of methoxy groups -OCH3 is 1. The molecule has 7 nitrogen and oxygen atoms in total. The van der Waals surface area contributed by atoms with E-state index in [2.05, 4.69) is 0 Å². The number of rotatable bonds is 5. The second kappa shape index (κ2) is 9.11.